The molecule has 1 fully saturated rings. The van der Waals surface area contributed by atoms with Crippen LogP contribution in [-0.4, -0.2) is 47.7 Å². The highest BCUT2D eigenvalue weighted by molar-refractivity contribution is 5.83. The Kier molecular flexibility index (Phi) is 4.64. The van der Waals surface area contributed by atoms with Gasteiger partial charge in [-0.2, -0.15) is 0 Å². The first-order valence-corrected chi connectivity index (χ1v) is 8.22. The fraction of sp³-hybridized carbons (Fsp3) is 0.421. The van der Waals surface area contributed by atoms with E-state index in [2.05, 4.69) is 59.6 Å². The molecule has 4 nitrogen and oxygen atoms in total. The van der Waals surface area contributed by atoms with Crippen LogP contribution in [0, 0.1) is 0 Å². The molecule has 0 radical (unpaired) electrons. The van der Waals surface area contributed by atoms with Crippen molar-refractivity contribution in [3.05, 3.63) is 48.0 Å². The molecule has 1 heterocycles. The van der Waals surface area contributed by atoms with Crippen LogP contribution in [0.2, 0.25) is 0 Å². The fourth-order valence-corrected chi connectivity index (χ4v) is 3.56. The molecule has 4 heteroatoms. The van der Waals surface area contributed by atoms with Gasteiger partial charge in [-0.25, -0.2) is 0 Å². The van der Waals surface area contributed by atoms with E-state index in [1.54, 1.807) is 0 Å². The summed E-state index contributed by atoms with van der Waals surface area (Å²) in [5.74, 6) is -0.753. The molecular formula is C19H24N2O2. The van der Waals surface area contributed by atoms with Crippen molar-refractivity contribution in [2.24, 2.45) is 0 Å². The average molecular weight is 312 g/mol. The predicted molar refractivity (Wildman–Crippen MR) is 92.7 cm³/mol. The summed E-state index contributed by atoms with van der Waals surface area (Å²) in [5, 5.41) is 14.9. The minimum atomic E-state index is -0.753. The van der Waals surface area contributed by atoms with Gasteiger partial charge < -0.3 is 10.4 Å². The highest BCUT2D eigenvalue weighted by atomic mass is 16.4. The molecule has 0 aromatic heterocycles. The second kappa shape index (κ2) is 6.69. The van der Waals surface area contributed by atoms with Gasteiger partial charge in [0.1, 0.15) is 6.04 Å². The SMILES string of the molecule is CC(Cc1ccc2ccccc2c1)N(C)C1CCN[C@@H]1C(=O)O. The van der Waals surface area contributed by atoms with Gasteiger partial charge in [0.05, 0.1) is 0 Å². The van der Waals surface area contributed by atoms with E-state index in [4.69, 9.17) is 0 Å². The third-order valence-corrected chi connectivity index (χ3v) is 5.02. The topological polar surface area (TPSA) is 52.6 Å². The number of carboxylic acid groups (broad SMARTS) is 1. The van der Waals surface area contributed by atoms with Crippen molar-refractivity contribution in [3.63, 3.8) is 0 Å². The normalized spacial score (nSPS) is 22.6. The van der Waals surface area contributed by atoms with Crippen molar-refractivity contribution in [1.29, 1.82) is 0 Å². The number of rotatable bonds is 5. The Hall–Kier alpha value is -1.91. The lowest BCUT2D eigenvalue weighted by atomic mass is 9.99. The van der Waals surface area contributed by atoms with Gasteiger partial charge in [0.25, 0.3) is 0 Å². The van der Waals surface area contributed by atoms with Gasteiger partial charge in [0.2, 0.25) is 0 Å². The maximum Gasteiger partial charge on any atom is 0.322 e. The maximum atomic E-state index is 11.4. The Bertz CT molecular complexity index is 701. The first-order valence-electron chi connectivity index (χ1n) is 8.22. The monoisotopic (exact) mass is 312 g/mol. The second-order valence-electron chi connectivity index (χ2n) is 6.53. The van der Waals surface area contributed by atoms with Crippen molar-refractivity contribution in [3.8, 4) is 0 Å². The Labute approximate surface area is 137 Å². The smallest absolute Gasteiger partial charge is 0.322 e. The van der Waals surface area contributed by atoms with Crippen molar-refractivity contribution < 1.29 is 9.90 Å². The molecular weight excluding hydrogens is 288 g/mol. The molecule has 0 saturated carbocycles. The summed E-state index contributed by atoms with van der Waals surface area (Å²) in [6.45, 7) is 2.95. The lowest BCUT2D eigenvalue weighted by molar-refractivity contribution is -0.140. The second-order valence-corrected chi connectivity index (χ2v) is 6.53. The van der Waals surface area contributed by atoms with Crippen molar-refractivity contribution in [2.75, 3.05) is 13.6 Å². The quantitative estimate of drug-likeness (QED) is 0.891. The molecule has 23 heavy (non-hydrogen) atoms. The van der Waals surface area contributed by atoms with Crippen LogP contribution < -0.4 is 5.32 Å². The lowest BCUT2D eigenvalue weighted by Gasteiger charge is -2.32. The molecule has 3 atom stereocenters. The molecule has 0 spiro atoms. The summed E-state index contributed by atoms with van der Waals surface area (Å²) in [5.41, 5.74) is 1.29. The minimum Gasteiger partial charge on any atom is -0.480 e. The van der Waals surface area contributed by atoms with Gasteiger partial charge >= 0.3 is 5.97 Å². The van der Waals surface area contributed by atoms with Gasteiger partial charge in [0, 0.05) is 12.1 Å². The number of hydrogen-bond acceptors (Lipinski definition) is 3. The number of aliphatic carboxylic acids is 1. The largest absolute Gasteiger partial charge is 0.480 e. The van der Waals surface area contributed by atoms with Crippen LogP contribution in [0.25, 0.3) is 10.8 Å². The van der Waals surface area contributed by atoms with Crippen LogP contribution in [-0.2, 0) is 11.2 Å². The van der Waals surface area contributed by atoms with Crippen molar-refractivity contribution in [1.82, 2.24) is 10.2 Å². The Morgan fingerprint density at radius 3 is 2.78 bits per heavy atom. The van der Waals surface area contributed by atoms with Gasteiger partial charge in [-0.3, -0.25) is 9.69 Å². The molecule has 2 aromatic rings. The van der Waals surface area contributed by atoms with Crippen LogP contribution >= 0.6 is 0 Å². The Morgan fingerprint density at radius 1 is 1.30 bits per heavy atom. The van der Waals surface area contributed by atoms with Gasteiger partial charge in [0.15, 0.2) is 0 Å². The molecule has 1 aliphatic heterocycles. The number of hydrogen-bond donors (Lipinski definition) is 2. The molecule has 0 bridgehead atoms. The van der Waals surface area contributed by atoms with E-state index < -0.39 is 12.0 Å². The summed E-state index contributed by atoms with van der Waals surface area (Å²) in [4.78, 5) is 13.6. The van der Waals surface area contributed by atoms with E-state index in [1.165, 1.54) is 16.3 Å². The number of carbonyl (C=O) groups is 1. The molecule has 0 amide bonds. The number of likely N-dealkylation sites (N-methyl/N-ethyl adjacent to an activating group) is 1. The van der Waals surface area contributed by atoms with Crippen LogP contribution in [0.15, 0.2) is 42.5 Å². The minimum absolute atomic E-state index is 0.0583. The third-order valence-electron chi connectivity index (χ3n) is 5.02. The van der Waals surface area contributed by atoms with E-state index in [0.717, 1.165) is 19.4 Å². The van der Waals surface area contributed by atoms with E-state index in [-0.39, 0.29) is 6.04 Å². The van der Waals surface area contributed by atoms with Gasteiger partial charge in [-0.1, -0.05) is 42.5 Å². The van der Waals surface area contributed by atoms with Crippen LogP contribution in [0.3, 0.4) is 0 Å². The number of carboxylic acids is 1. The molecule has 2 N–H and O–H groups in total. The van der Waals surface area contributed by atoms with E-state index in [9.17, 15) is 9.90 Å². The zero-order chi connectivity index (χ0) is 16.4. The number of nitrogens with zero attached hydrogens (tertiary/aromatic N) is 1. The first kappa shape index (κ1) is 16.0. The highest BCUT2D eigenvalue weighted by Gasteiger charge is 2.36. The zero-order valence-corrected chi connectivity index (χ0v) is 13.7. The van der Waals surface area contributed by atoms with Crippen molar-refractivity contribution in [2.45, 2.75) is 37.9 Å². The molecule has 122 valence electrons. The molecule has 3 rings (SSSR count). The zero-order valence-electron chi connectivity index (χ0n) is 13.7. The summed E-state index contributed by atoms with van der Waals surface area (Å²) in [6, 6.07) is 14.8. The number of fused-ring (bicyclic) bond motifs is 1. The summed E-state index contributed by atoms with van der Waals surface area (Å²) in [7, 11) is 2.04. The van der Waals surface area contributed by atoms with Crippen LogP contribution in [0.4, 0.5) is 0 Å². The molecule has 2 aromatic carbocycles. The van der Waals surface area contributed by atoms with Gasteiger partial charge in [-0.15, -0.1) is 0 Å². The predicted octanol–water partition coefficient (Wildman–Crippen LogP) is 2.52. The Morgan fingerprint density at radius 2 is 2.04 bits per heavy atom. The fourth-order valence-electron chi connectivity index (χ4n) is 3.56. The first-order chi connectivity index (χ1) is 11.1. The lowest BCUT2D eigenvalue weighted by Crippen LogP contribution is -2.49. The third kappa shape index (κ3) is 3.38. The van der Waals surface area contributed by atoms with Gasteiger partial charge in [-0.05, 0) is 49.7 Å². The highest BCUT2D eigenvalue weighted by Crippen LogP contribution is 2.21. The van der Waals surface area contributed by atoms with E-state index in [0.29, 0.717) is 6.04 Å². The molecule has 2 unspecified atom stereocenters. The molecule has 1 saturated heterocycles. The number of benzene rings is 2. The molecule has 0 aliphatic carbocycles. The van der Waals surface area contributed by atoms with Crippen LogP contribution in [0.1, 0.15) is 18.9 Å². The van der Waals surface area contributed by atoms with E-state index >= 15 is 0 Å². The average Bonchev–Trinajstić information content (AvgIpc) is 3.03. The standard InChI is InChI=1S/C19H24N2O2/c1-13(21(2)17-9-10-20-18(17)19(22)23)11-14-7-8-15-5-3-4-6-16(15)12-14/h3-8,12-13,17-18,20H,9-11H2,1-2H3,(H,22,23)/t13?,17?,18-/m0/s1. The number of nitrogens with one attached hydrogen (secondary N) is 1. The maximum absolute atomic E-state index is 11.4. The Balaban J connectivity index is 1.72. The van der Waals surface area contributed by atoms with Crippen LogP contribution in [0.5, 0.6) is 0 Å². The van der Waals surface area contributed by atoms with Crippen molar-refractivity contribution >= 4 is 16.7 Å². The summed E-state index contributed by atoms with van der Waals surface area (Å²) < 4.78 is 0. The summed E-state index contributed by atoms with van der Waals surface area (Å²) in [6.07, 6.45) is 1.81. The summed E-state index contributed by atoms with van der Waals surface area (Å²) >= 11 is 0. The molecule has 1 aliphatic rings. The van der Waals surface area contributed by atoms with E-state index in [1.807, 2.05) is 7.05 Å².